The van der Waals surface area contributed by atoms with Crippen LogP contribution in [-0.4, -0.2) is 52.7 Å². The Labute approximate surface area is 131 Å². The van der Waals surface area contributed by atoms with Gasteiger partial charge < -0.3 is 14.8 Å². The van der Waals surface area contributed by atoms with E-state index in [4.69, 9.17) is 9.47 Å². The number of rotatable bonds is 5. The predicted molar refractivity (Wildman–Crippen MR) is 78.3 cm³/mol. The zero-order chi connectivity index (χ0) is 17.0. The smallest absolute Gasteiger partial charge is 0.358 e. The lowest BCUT2D eigenvalue weighted by atomic mass is 10.2. The maximum absolute atomic E-state index is 12.2. The van der Waals surface area contributed by atoms with Crippen LogP contribution in [-0.2, 0) is 9.47 Å². The molecule has 2 rings (SSSR count). The van der Waals surface area contributed by atoms with E-state index in [0.29, 0.717) is 0 Å². The summed E-state index contributed by atoms with van der Waals surface area (Å²) < 4.78 is 11.0. The molecule has 122 valence electrons. The number of hydrogen-bond acceptors (Lipinski definition) is 7. The number of esters is 2. The summed E-state index contributed by atoms with van der Waals surface area (Å²) in [5.74, 6) is -1.89. The van der Waals surface area contributed by atoms with Gasteiger partial charge in [-0.25, -0.2) is 19.1 Å². The van der Waals surface area contributed by atoms with E-state index in [2.05, 4.69) is 15.4 Å². The maximum atomic E-state index is 12.2. The number of nitrogens with zero attached hydrogens (tertiary/aromatic N) is 3. The van der Waals surface area contributed by atoms with Crippen molar-refractivity contribution < 1.29 is 23.9 Å². The van der Waals surface area contributed by atoms with Gasteiger partial charge in [0.2, 0.25) is 0 Å². The van der Waals surface area contributed by atoms with Crippen LogP contribution in [0, 0.1) is 0 Å². The molecule has 0 aromatic carbocycles. The molecule has 0 aliphatic rings. The number of fused-ring (bicyclic) bond motifs is 1. The first-order valence-electron chi connectivity index (χ1n) is 6.98. The molecule has 2 aromatic heterocycles. The Morgan fingerprint density at radius 2 is 1.74 bits per heavy atom. The van der Waals surface area contributed by atoms with E-state index in [1.807, 2.05) is 0 Å². The Balaban J connectivity index is 2.68. The summed E-state index contributed by atoms with van der Waals surface area (Å²) in [6.07, 6.45) is 2.44. The lowest BCUT2D eigenvalue weighted by Crippen LogP contribution is -2.21. The number of amides is 1. The average molecular weight is 320 g/mol. The van der Waals surface area contributed by atoms with Crippen molar-refractivity contribution in [3.05, 3.63) is 29.2 Å². The van der Waals surface area contributed by atoms with Crippen LogP contribution in [0.1, 0.15) is 45.1 Å². The molecule has 0 spiro atoms. The van der Waals surface area contributed by atoms with Gasteiger partial charge in [0, 0.05) is 13.2 Å². The first-order valence-corrected chi connectivity index (χ1v) is 6.98. The molecule has 1 N–H and O–H groups in total. The fourth-order valence-corrected chi connectivity index (χ4v) is 1.98. The van der Waals surface area contributed by atoms with Gasteiger partial charge in [-0.05, 0) is 13.8 Å². The Bertz CT molecular complexity index is 768. The summed E-state index contributed by atoms with van der Waals surface area (Å²) in [6, 6.07) is 0. The second kappa shape index (κ2) is 6.86. The highest BCUT2D eigenvalue weighted by Crippen LogP contribution is 2.16. The molecule has 0 saturated heterocycles. The molecule has 0 bridgehead atoms. The number of aromatic nitrogens is 3. The van der Waals surface area contributed by atoms with Crippen molar-refractivity contribution in [2.45, 2.75) is 13.8 Å². The minimum atomic E-state index is -0.755. The van der Waals surface area contributed by atoms with Crippen molar-refractivity contribution in [1.82, 2.24) is 19.9 Å². The minimum Gasteiger partial charge on any atom is -0.462 e. The lowest BCUT2D eigenvalue weighted by Gasteiger charge is -2.09. The molecular formula is C14H16N4O5. The van der Waals surface area contributed by atoms with Crippen molar-refractivity contribution in [1.29, 1.82) is 0 Å². The molecule has 0 saturated carbocycles. The van der Waals surface area contributed by atoms with E-state index < -0.39 is 17.8 Å². The van der Waals surface area contributed by atoms with Gasteiger partial charge in [0.1, 0.15) is 11.1 Å². The summed E-state index contributed by atoms with van der Waals surface area (Å²) >= 11 is 0. The van der Waals surface area contributed by atoms with E-state index in [9.17, 15) is 14.4 Å². The lowest BCUT2D eigenvalue weighted by molar-refractivity contribution is 0.0470. The molecular weight excluding hydrogens is 304 g/mol. The summed E-state index contributed by atoms with van der Waals surface area (Å²) in [7, 11) is 1.46. The topological polar surface area (TPSA) is 112 Å². The Morgan fingerprint density at radius 3 is 2.35 bits per heavy atom. The van der Waals surface area contributed by atoms with Gasteiger partial charge in [-0.1, -0.05) is 0 Å². The molecule has 9 heteroatoms. The van der Waals surface area contributed by atoms with Gasteiger partial charge in [0.05, 0.1) is 19.4 Å². The van der Waals surface area contributed by atoms with E-state index in [1.54, 1.807) is 13.8 Å². The number of hydrogen-bond donors (Lipinski definition) is 1. The van der Waals surface area contributed by atoms with Crippen LogP contribution in [0.15, 0.2) is 12.4 Å². The number of carbonyl (C=O) groups is 3. The zero-order valence-electron chi connectivity index (χ0n) is 13.0. The van der Waals surface area contributed by atoms with E-state index in [1.165, 1.54) is 19.4 Å². The molecule has 1 amide bonds. The minimum absolute atomic E-state index is 0.0793. The zero-order valence-corrected chi connectivity index (χ0v) is 13.0. The fourth-order valence-electron chi connectivity index (χ4n) is 1.98. The Morgan fingerprint density at radius 1 is 1.09 bits per heavy atom. The summed E-state index contributed by atoms with van der Waals surface area (Å²) in [5.41, 5.74) is 0.101. The normalized spacial score (nSPS) is 10.4. The highest BCUT2D eigenvalue weighted by Gasteiger charge is 2.26. The predicted octanol–water partition coefficient (Wildman–Crippen LogP) is 0.442. The molecule has 0 aliphatic carbocycles. The molecule has 0 atom stereocenters. The molecule has 0 aliphatic heterocycles. The molecule has 2 aromatic rings. The third-order valence-electron chi connectivity index (χ3n) is 2.96. The Kier molecular flexibility index (Phi) is 4.89. The molecule has 0 unspecified atom stereocenters. The Hall–Kier alpha value is -2.97. The van der Waals surface area contributed by atoms with Gasteiger partial charge in [-0.2, -0.15) is 5.10 Å². The van der Waals surface area contributed by atoms with E-state index in [-0.39, 0.29) is 35.7 Å². The number of ether oxygens (including phenoxy) is 2. The van der Waals surface area contributed by atoms with Crippen molar-refractivity contribution >= 4 is 23.5 Å². The average Bonchev–Trinajstić information content (AvgIpc) is 2.97. The van der Waals surface area contributed by atoms with Crippen molar-refractivity contribution in [3.8, 4) is 0 Å². The van der Waals surface area contributed by atoms with Gasteiger partial charge in [-0.3, -0.25) is 4.79 Å². The fraction of sp³-hybridized carbons (Fsp3) is 0.357. The van der Waals surface area contributed by atoms with Crippen LogP contribution in [0.3, 0.4) is 0 Å². The van der Waals surface area contributed by atoms with Crippen LogP contribution in [0.5, 0.6) is 0 Å². The van der Waals surface area contributed by atoms with Crippen LogP contribution < -0.4 is 5.32 Å². The number of nitrogens with one attached hydrogen (secondary N) is 1. The number of carbonyl (C=O) groups excluding carboxylic acids is 3. The highest BCUT2D eigenvalue weighted by molar-refractivity contribution is 6.04. The quantitative estimate of drug-likeness (QED) is 0.796. The van der Waals surface area contributed by atoms with Gasteiger partial charge in [0.15, 0.2) is 11.3 Å². The van der Waals surface area contributed by atoms with Crippen LogP contribution in [0.2, 0.25) is 0 Å². The molecule has 9 nitrogen and oxygen atoms in total. The highest BCUT2D eigenvalue weighted by atomic mass is 16.5. The van der Waals surface area contributed by atoms with Gasteiger partial charge >= 0.3 is 11.9 Å². The largest absolute Gasteiger partial charge is 0.462 e. The van der Waals surface area contributed by atoms with Crippen LogP contribution in [0.25, 0.3) is 5.65 Å². The second-order valence-electron chi connectivity index (χ2n) is 4.33. The molecule has 0 radical (unpaired) electrons. The van der Waals surface area contributed by atoms with Crippen LogP contribution in [0.4, 0.5) is 0 Å². The maximum Gasteiger partial charge on any atom is 0.358 e. The van der Waals surface area contributed by atoms with Gasteiger partial charge in [-0.15, -0.1) is 0 Å². The summed E-state index contributed by atoms with van der Waals surface area (Å²) in [6.45, 7) is 3.54. The van der Waals surface area contributed by atoms with E-state index >= 15 is 0 Å². The standard InChI is InChI=1S/C14H16N4O5/c1-4-22-13(20)8-6-16-11-9(12(19)15-3)7-17-18(11)10(8)14(21)23-5-2/h6-7H,4-5H2,1-3H3,(H,15,19). The monoisotopic (exact) mass is 320 g/mol. The SMILES string of the molecule is CCOC(=O)c1cnc2c(C(=O)NC)cnn2c1C(=O)OCC. The molecule has 2 heterocycles. The third kappa shape index (κ3) is 2.98. The van der Waals surface area contributed by atoms with E-state index in [0.717, 1.165) is 4.52 Å². The summed E-state index contributed by atoms with van der Waals surface area (Å²) in [5, 5.41) is 6.43. The van der Waals surface area contributed by atoms with Crippen molar-refractivity contribution in [2.24, 2.45) is 0 Å². The van der Waals surface area contributed by atoms with Crippen LogP contribution >= 0.6 is 0 Å². The van der Waals surface area contributed by atoms with Gasteiger partial charge in [0.25, 0.3) is 5.91 Å². The second-order valence-corrected chi connectivity index (χ2v) is 4.33. The van der Waals surface area contributed by atoms with Crippen molar-refractivity contribution in [2.75, 3.05) is 20.3 Å². The third-order valence-corrected chi connectivity index (χ3v) is 2.96. The molecule has 0 fully saturated rings. The first kappa shape index (κ1) is 16.4. The molecule has 23 heavy (non-hydrogen) atoms. The first-order chi connectivity index (χ1) is 11.0. The van der Waals surface area contributed by atoms with Crippen molar-refractivity contribution in [3.63, 3.8) is 0 Å². The summed E-state index contributed by atoms with van der Waals surface area (Å²) in [4.78, 5) is 40.1.